The van der Waals surface area contributed by atoms with Gasteiger partial charge in [0.05, 0.1) is 10.9 Å². The third-order valence-corrected chi connectivity index (χ3v) is 6.14. The van der Waals surface area contributed by atoms with Gasteiger partial charge in [0.1, 0.15) is 23.7 Å². The van der Waals surface area contributed by atoms with Crippen molar-refractivity contribution >= 4 is 22.6 Å². The fraction of sp³-hybridized carbons (Fsp3) is 0.381. The van der Waals surface area contributed by atoms with E-state index in [-0.39, 0.29) is 5.91 Å². The maximum absolute atomic E-state index is 14.2. The Bertz CT molecular complexity index is 1100. The molecule has 2 N–H and O–H groups in total. The van der Waals surface area contributed by atoms with Crippen LogP contribution < -0.4 is 10.6 Å². The number of nitrogens with zero attached hydrogens (tertiary/aromatic N) is 3. The van der Waals surface area contributed by atoms with Crippen LogP contribution in [0.25, 0.3) is 22.2 Å². The summed E-state index contributed by atoms with van der Waals surface area (Å²) >= 11 is 0. The summed E-state index contributed by atoms with van der Waals surface area (Å²) in [6.45, 7) is 4.62. The van der Waals surface area contributed by atoms with E-state index in [1.165, 1.54) is 0 Å². The molecule has 1 saturated heterocycles. The molecule has 0 aliphatic carbocycles. The number of para-hydroxylation sites is 1. The Balaban J connectivity index is 1.80. The number of carbonyl (C=O) groups is 1. The van der Waals surface area contributed by atoms with Crippen molar-refractivity contribution < 1.29 is 9.18 Å². The molecule has 6 nitrogen and oxygen atoms in total. The Hall–Kier alpha value is -2.80. The molecule has 144 valence electrons. The molecule has 7 heteroatoms. The molecule has 5 rings (SSSR count). The number of fused-ring (bicyclic) bond motifs is 2. The zero-order chi connectivity index (χ0) is 19.5. The van der Waals surface area contributed by atoms with Crippen LogP contribution in [0.4, 0.5) is 10.2 Å². The number of hydrogen-bond acceptors (Lipinski definition) is 4. The van der Waals surface area contributed by atoms with Gasteiger partial charge in [0.2, 0.25) is 5.91 Å². The number of rotatable bonds is 3. The van der Waals surface area contributed by atoms with Gasteiger partial charge in [-0.05, 0) is 38.9 Å². The number of pyridine rings is 1. The molecule has 2 aliphatic heterocycles. The lowest BCUT2D eigenvalue weighted by Gasteiger charge is -2.26. The van der Waals surface area contributed by atoms with Gasteiger partial charge in [-0.1, -0.05) is 18.2 Å². The Morgan fingerprint density at radius 2 is 2.07 bits per heavy atom. The summed E-state index contributed by atoms with van der Waals surface area (Å²) in [6, 6.07) is 9.80. The van der Waals surface area contributed by atoms with Gasteiger partial charge in [0.25, 0.3) is 0 Å². The average molecular weight is 379 g/mol. The second kappa shape index (κ2) is 5.85. The number of aromatic nitrogens is 3. The average Bonchev–Trinajstić information content (AvgIpc) is 3.38. The topological polar surface area (TPSA) is 71.8 Å². The molecule has 0 radical (unpaired) electrons. The van der Waals surface area contributed by atoms with Crippen LogP contribution in [-0.4, -0.2) is 40.4 Å². The van der Waals surface area contributed by atoms with Gasteiger partial charge < -0.3 is 10.6 Å². The lowest BCUT2D eigenvalue weighted by atomic mass is 9.83. The molecular weight excluding hydrogens is 357 g/mol. The molecular formula is C21H22FN5O. The van der Waals surface area contributed by atoms with Crippen molar-refractivity contribution in [2.45, 2.75) is 31.2 Å². The van der Waals surface area contributed by atoms with E-state index in [4.69, 9.17) is 5.10 Å². The van der Waals surface area contributed by atoms with Crippen LogP contribution in [0.3, 0.4) is 0 Å². The van der Waals surface area contributed by atoms with E-state index >= 15 is 0 Å². The summed E-state index contributed by atoms with van der Waals surface area (Å²) < 4.78 is 16.1. The molecule has 0 bridgehead atoms. The van der Waals surface area contributed by atoms with E-state index in [0.29, 0.717) is 18.8 Å². The van der Waals surface area contributed by atoms with Crippen LogP contribution in [0.5, 0.6) is 0 Å². The fourth-order valence-corrected chi connectivity index (χ4v) is 4.47. The predicted molar refractivity (Wildman–Crippen MR) is 106 cm³/mol. The molecule has 0 saturated carbocycles. The van der Waals surface area contributed by atoms with Crippen molar-refractivity contribution in [3.8, 4) is 11.3 Å². The summed E-state index contributed by atoms with van der Waals surface area (Å²) in [7, 11) is 0. The van der Waals surface area contributed by atoms with Crippen molar-refractivity contribution in [1.82, 2.24) is 20.1 Å². The molecule has 1 unspecified atom stereocenters. The van der Waals surface area contributed by atoms with Crippen LogP contribution in [0.1, 0.15) is 25.8 Å². The summed E-state index contributed by atoms with van der Waals surface area (Å²) in [5.74, 6) is 0.500. The molecule has 2 aliphatic rings. The minimum Gasteiger partial charge on any atom is -0.314 e. The number of nitrogens with one attached hydrogen (secondary N) is 2. The third-order valence-electron chi connectivity index (χ3n) is 6.14. The van der Waals surface area contributed by atoms with Gasteiger partial charge >= 0.3 is 0 Å². The molecule has 28 heavy (non-hydrogen) atoms. The van der Waals surface area contributed by atoms with E-state index in [1.54, 1.807) is 6.20 Å². The maximum Gasteiger partial charge on any atom is 0.235 e. The first kappa shape index (κ1) is 17.3. The Morgan fingerprint density at radius 1 is 1.25 bits per heavy atom. The Morgan fingerprint density at radius 3 is 2.82 bits per heavy atom. The molecule has 4 heterocycles. The van der Waals surface area contributed by atoms with Crippen LogP contribution in [0.15, 0.2) is 36.5 Å². The van der Waals surface area contributed by atoms with Crippen LogP contribution in [0.2, 0.25) is 0 Å². The number of halogens is 1. The van der Waals surface area contributed by atoms with Crippen LogP contribution >= 0.6 is 0 Å². The second-order valence-corrected chi connectivity index (χ2v) is 8.22. The number of hydrogen-bond donors (Lipinski definition) is 2. The van der Waals surface area contributed by atoms with Crippen molar-refractivity contribution in [2.75, 3.05) is 25.1 Å². The summed E-state index contributed by atoms with van der Waals surface area (Å²) in [4.78, 5) is 16.8. The molecule has 1 aromatic carbocycles. The number of alkyl halides is 1. The number of anilines is 1. The predicted octanol–water partition coefficient (Wildman–Crippen LogP) is 2.99. The molecule has 0 spiro atoms. The van der Waals surface area contributed by atoms with E-state index < -0.39 is 17.6 Å². The van der Waals surface area contributed by atoms with Crippen LogP contribution in [-0.2, 0) is 15.7 Å². The van der Waals surface area contributed by atoms with E-state index in [2.05, 4.69) is 15.6 Å². The number of carbonyl (C=O) groups excluding carboxylic acids is 1. The van der Waals surface area contributed by atoms with Gasteiger partial charge in [0, 0.05) is 29.3 Å². The highest BCUT2D eigenvalue weighted by Crippen LogP contribution is 2.44. The van der Waals surface area contributed by atoms with Crippen molar-refractivity contribution in [1.29, 1.82) is 0 Å². The van der Waals surface area contributed by atoms with Crippen molar-refractivity contribution in [2.24, 2.45) is 0 Å². The lowest BCUT2D eigenvalue weighted by molar-refractivity contribution is -0.119. The van der Waals surface area contributed by atoms with Crippen LogP contribution in [0, 0.1) is 0 Å². The quantitative estimate of drug-likeness (QED) is 0.734. The van der Waals surface area contributed by atoms with E-state index in [9.17, 15) is 9.18 Å². The van der Waals surface area contributed by atoms with Gasteiger partial charge in [-0.25, -0.2) is 9.37 Å². The monoisotopic (exact) mass is 379 g/mol. The standard InChI is InChI=1S/C21H22FN5O/c1-20(2)16-14(7-9-24-18(16)25-19(20)28)17-13-5-3-4-6-15(13)27(26-17)21(11-22)8-10-23-12-21/h3-7,9,23H,8,10-12H2,1-2H3,(H,24,25,28). The minimum absolute atomic E-state index is 0.0774. The smallest absolute Gasteiger partial charge is 0.235 e. The fourth-order valence-electron chi connectivity index (χ4n) is 4.47. The van der Waals surface area contributed by atoms with Gasteiger partial charge in [-0.3, -0.25) is 9.48 Å². The molecule has 1 atom stereocenters. The molecule has 3 aromatic rings. The summed E-state index contributed by atoms with van der Waals surface area (Å²) in [5.41, 5.74) is 1.98. The first-order valence-corrected chi connectivity index (χ1v) is 9.54. The first-order valence-electron chi connectivity index (χ1n) is 9.54. The van der Waals surface area contributed by atoms with Crippen molar-refractivity contribution in [3.05, 3.63) is 42.1 Å². The highest BCUT2D eigenvalue weighted by atomic mass is 19.1. The largest absolute Gasteiger partial charge is 0.314 e. The Labute approximate surface area is 162 Å². The highest BCUT2D eigenvalue weighted by Gasteiger charge is 2.43. The van der Waals surface area contributed by atoms with Gasteiger partial charge in [0.15, 0.2) is 0 Å². The Kier molecular flexibility index (Phi) is 3.61. The van der Waals surface area contributed by atoms with E-state index in [0.717, 1.165) is 34.3 Å². The zero-order valence-electron chi connectivity index (χ0n) is 15.9. The SMILES string of the molecule is CC1(C)C(=O)Nc2nccc(-c3nn(C4(CF)CCNC4)c4ccccc34)c21. The second-order valence-electron chi connectivity index (χ2n) is 8.22. The zero-order valence-corrected chi connectivity index (χ0v) is 15.9. The number of amides is 1. The lowest BCUT2D eigenvalue weighted by Crippen LogP contribution is -2.39. The molecule has 1 amide bonds. The summed E-state index contributed by atoms with van der Waals surface area (Å²) in [6.07, 6.45) is 2.38. The van der Waals surface area contributed by atoms with Crippen molar-refractivity contribution in [3.63, 3.8) is 0 Å². The number of benzene rings is 1. The first-order chi connectivity index (χ1) is 13.5. The summed E-state index contributed by atoms with van der Waals surface area (Å²) in [5, 5.41) is 12.0. The normalized spacial score (nSPS) is 23.2. The minimum atomic E-state index is -0.712. The molecule has 2 aromatic heterocycles. The van der Waals surface area contributed by atoms with Gasteiger partial charge in [-0.15, -0.1) is 0 Å². The van der Waals surface area contributed by atoms with Gasteiger partial charge in [-0.2, -0.15) is 5.10 Å². The maximum atomic E-state index is 14.2. The van der Waals surface area contributed by atoms with E-state index in [1.807, 2.05) is 48.9 Å². The molecule has 1 fully saturated rings. The third kappa shape index (κ3) is 2.19. The highest BCUT2D eigenvalue weighted by molar-refractivity contribution is 6.08.